The van der Waals surface area contributed by atoms with Gasteiger partial charge in [-0.2, -0.15) is 0 Å². The fraction of sp³-hybridized carbons (Fsp3) is 0.154. The third-order valence-electron chi connectivity index (χ3n) is 2.48. The summed E-state index contributed by atoms with van der Waals surface area (Å²) in [6, 6.07) is 7.54. The largest absolute Gasteiger partial charge is 0.438 e. The Morgan fingerprint density at radius 1 is 1.29 bits per heavy atom. The number of benzene rings is 1. The van der Waals surface area contributed by atoms with Crippen LogP contribution in [-0.4, -0.2) is 4.98 Å². The first-order valence-electron chi connectivity index (χ1n) is 5.23. The van der Waals surface area contributed by atoms with E-state index in [2.05, 4.69) is 20.9 Å². The highest BCUT2D eigenvalue weighted by Gasteiger charge is 2.08. The number of anilines is 1. The Kier molecular flexibility index (Phi) is 3.33. The first-order chi connectivity index (χ1) is 8.08. The second-order valence-electron chi connectivity index (χ2n) is 3.87. The molecule has 0 fully saturated rings. The Bertz CT molecular complexity index is 555. The summed E-state index contributed by atoms with van der Waals surface area (Å²) in [5.74, 6) is 1.27. The number of rotatable bonds is 2. The molecule has 0 unspecified atom stereocenters. The lowest BCUT2D eigenvalue weighted by atomic mass is 10.2. The molecule has 0 atom stereocenters. The fourth-order valence-corrected chi connectivity index (χ4v) is 1.99. The zero-order valence-electron chi connectivity index (χ0n) is 9.70. The van der Waals surface area contributed by atoms with Crippen LogP contribution in [0.25, 0.3) is 0 Å². The molecule has 17 heavy (non-hydrogen) atoms. The predicted molar refractivity (Wildman–Crippen MR) is 72.3 cm³/mol. The van der Waals surface area contributed by atoms with Crippen molar-refractivity contribution in [1.82, 2.24) is 4.98 Å². The molecule has 1 aromatic carbocycles. The molecule has 0 aliphatic carbocycles. The maximum atomic E-state index is 5.82. The van der Waals surface area contributed by atoms with E-state index in [9.17, 15) is 0 Å². The molecule has 0 saturated heterocycles. The summed E-state index contributed by atoms with van der Waals surface area (Å²) in [5, 5.41) is 0. The number of hydrogen-bond acceptors (Lipinski definition) is 3. The molecule has 1 heterocycles. The number of aryl methyl sites for hydroxylation is 1. The van der Waals surface area contributed by atoms with Gasteiger partial charge < -0.3 is 10.5 Å². The van der Waals surface area contributed by atoms with Crippen LogP contribution in [0.1, 0.15) is 11.1 Å². The standard InChI is InChI=1S/C13H13BrN2O/c1-8-6-10(14)13(16-7-8)17-12-5-3-4-11(15)9(12)2/h3-7H,15H2,1-2H3. The van der Waals surface area contributed by atoms with Crippen LogP contribution in [-0.2, 0) is 0 Å². The SMILES string of the molecule is Cc1cnc(Oc2cccc(N)c2C)c(Br)c1. The Morgan fingerprint density at radius 2 is 2.06 bits per heavy atom. The molecular formula is C13H13BrN2O. The van der Waals surface area contributed by atoms with Crippen LogP contribution < -0.4 is 10.5 Å². The van der Waals surface area contributed by atoms with E-state index < -0.39 is 0 Å². The zero-order valence-corrected chi connectivity index (χ0v) is 11.3. The summed E-state index contributed by atoms with van der Waals surface area (Å²) >= 11 is 3.43. The average Bonchev–Trinajstić information content (AvgIpc) is 2.28. The van der Waals surface area contributed by atoms with Gasteiger partial charge in [0.25, 0.3) is 0 Å². The van der Waals surface area contributed by atoms with E-state index in [0.717, 1.165) is 21.3 Å². The predicted octanol–water partition coefficient (Wildman–Crippen LogP) is 3.84. The van der Waals surface area contributed by atoms with E-state index in [1.807, 2.05) is 38.1 Å². The topological polar surface area (TPSA) is 48.1 Å². The quantitative estimate of drug-likeness (QED) is 0.856. The number of nitrogens with two attached hydrogens (primary N) is 1. The van der Waals surface area contributed by atoms with Gasteiger partial charge in [-0.15, -0.1) is 0 Å². The van der Waals surface area contributed by atoms with E-state index in [0.29, 0.717) is 11.6 Å². The molecule has 2 N–H and O–H groups in total. The van der Waals surface area contributed by atoms with Crippen LogP contribution in [0.3, 0.4) is 0 Å². The lowest BCUT2D eigenvalue weighted by molar-refractivity contribution is 0.456. The highest BCUT2D eigenvalue weighted by atomic mass is 79.9. The molecule has 1 aromatic heterocycles. The van der Waals surface area contributed by atoms with Crippen molar-refractivity contribution in [2.75, 3.05) is 5.73 Å². The van der Waals surface area contributed by atoms with Crippen molar-refractivity contribution in [2.24, 2.45) is 0 Å². The van der Waals surface area contributed by atoms with Crippen LogP contribution in [0, 0.1) is 13.8 Å². The van der Waals surface area contributed by atoms with E-state index in [-0.39, 0.29) is 0 Å². The van der Waals surface area contributed by atoms with Gasteiger partial charge in [0.1, 0.15) is 5.75 Å². The van der Waals surface area contributed by atoms with Gasteiger partial charge in [0.2, 0.25) is 5.88 Å². The minimum absolute atomic E-state index is 0.546. The van der Waals surface area contributed by atoms with E-state index in [1.54, 1.807) is 6.20 Å². The minimum Gasteiger partial charge on any atom is -0.438 e. The summed E-state index contributed by atoms with van der Waals surface area (Å²) in [6.45, 7) is 3.90. The van der Waals surface area contributed by atoms with Gasteiger partial charge >= 0.3 is 0 Å². The summed E-state index contributed by atoms with van der Waals surface area (Å²) in [7, 11) is 0. The van der Waals surface area contributed by atoms with E-state index in [4.69, 9.17) is 10.5 Å². The molecule has 0 saturated carbocycles. The molecule has 2 aromatic rings. The number of nitrogens with zero attached hydrogens (tertiary/aromatic N) is 1. The number of aromatic nitrogens is 1. The van der Waals surface area contributed by atoms with Gasteiger partial charge in [-0.3, -0.25) is 0 Å². The Morgan fingerprint density at radius 3 is 2.76 bits per heavy atom. The van der Waals surface area contributed by atoms with Gasteiger partial charge in [0.05, 0.1) is 4.47 Å². The molecule has 0 aliphatic heterocycles. The molecule has 0 radical (unpaired) electrons. The third-order valence-corrected chi connectivity index (χ3v) is 3.04. The van der Waals surface area contributed by atoms with E-state index >= 15 is 0 Å². The highest BCUT2D eigenvalue weighted by molar-refractivity contribution is 9.10. The smallest absolute Gasteiger partial charge is 0.233 e. The maximum absolute atomic E-state index is 5.82. The lowest BCUT2D eigenvalue weighted by Gasteiger charge is -2.10. The average molecular weight is 293 g/mol. The number of nitrogen functional groups attached to an aromatic ring is 1. The number of hydrogen-bond donors (Lipinski definition) is 1. The molecule has 0 aliphatic rings. The fourth-order valence-electron chi connectivity index (χ4n) is 1.44. The first-order valence-corrected chi connectivity index (χ1v) is 6.02. The van der Waals surface area contributed by atoms with Crippen molar-refractivity contribution in [3.8, 4) is 11.6 Å². The Balaban J connectivity index is 2.35. The molecular weight excluding hydrogens is 280 g/mol. The van der Waals surface area contributed by atoms with Crippen molar-refractivity contribution < 1.29 is 4.74 Å². The van der Waals surface area contributed by atoms with Crippen LogP contribution >= 0.6 is 15.9 Å². The first kappa shape index (κ1) is 11.9. The van der Waals surface area contributed by atoms with Crippen molar-refractivity contribution in [3.63, 3.8) is 0 Å². The Labute approximate surface area is 109 Å². The van der Waals surface area contributed by atoms with Crippen molar-refractivity contribution in [2.45, 2.75) is 13.8 Å². The van der Waals surface area contributed by atoms with Crippen LogP contribution in [0.4, 0.5) is 5.69 Å². The van der Waals surface area contributed by atoms with Gasteiger partial charge in [-0.1, -0.05) is 6.07 Å². The normalized spacial score (nSPS) is 10.3. The summed E-state index contributed by atoms with van der Waals surface area (Å²) in [5.41, 5.74) is 8.53. The van der Waals surface area contributed by atoms with Gasteiger partial charge in [-0.05, 0) is 53.5 Å². The lowest BCUT2D eigenvalue weighted by Crippen LogP contribution is -1.95. The van der Waals surface area contributed by atoms with Crippen LogP contribution in [0.5, 0.6) is 11.6 Å². The number of halogens is 1. The van der Waals surface area contributed by atoms with Gasteiger partial charge in [0, 0.05) is 17.4 Å². The number of ether oxygens (including phenoxy) is 1. The van der Waals surface area contributed by atoms with Crippen molar-refractivity contribution >= 4 is 21.6 Å². The highest BCUT2D eigenvalue weighted by Crippen LogP contribution is 2.31. The summed E-state index contributed by atoms with van der Waals surface area (Å²) < 4.78 is 6.57. The minimum atomic E-state index is 0.546. The van der Waals surface area contributed by atoms with Gasteiger partial charge in [0.15, 0.2) is 0 Å². The van der Waals surface area contributed by atoms with Gasteiger partial charge in [-0.25, -0.2) is 4.98 Å². The monoisotopic (exact) mass is 292 g/mol. The third kappa shape index (κ3) is 2.58. The molecule has 2 rings (SSSR count). The molecule has 0 amide bonds. The molecule has 0 bridgehead atoms. The van der Waals surface area contributed by atoms with Crippen LogP contribution in [0.2, 0.25) is 0 Å². The van der Waals surface area contributed by atoms with Crippen molar-refractivity contribution in [1.29, 1.82) is 0 Å². The van der Waals surface area contributed by atoms with Crippen LogP contribution in [0.15, 0.2) is 34.9 Å². The molecule has 3 nitrogen and oxygen atoms in total. The number of pyridine rings is 1. The second kappa shape index (κ2) is 4.75. The Hall–Kier alpha value is -1.55. The molecule has 4 heteroatoms. The second-order valence-corrected chi connectivity index (χ2v) is 4.73. The maximum Gasteiger partial charge on any atom is 0.233 e. The van der Waals surface area contributed by atoms with E-state index in [1.165, 1.54) is 0 Å². The molecule has 0 spiro atoms. The molecule has 88 valence electrons. The summed E-state index contributed by atoms with van der Waals surface area (Å²) in [6.07, 6.45) is 1.77. The summed E-state index contributed by atoms with van der Waals surface area (Å²) in [4.78, 5) is 4.23. The zero-order chi connectivity index (χ0) is 12.4. The van der Waals surface area contributed by atoms with Crippen molar-refractivity contribution in [3.05, 3.63) is 46.1 Å².